The van der Waals surface area contributed by atoms with Crippen molar-refractivity contribution in [3.8, 4) is 0 Å². The first-order chi connectivity index (χ1) is 13.1. The van der Waals surface area contributed by atoms with Crippen molar-refractivity contribution in [3.05, 3.63) is 18.0 Å². The topological polar surface area (TPSA) is 62.6 Å². The van der Waals surface area contributed by atoms with Crippen LogP contribution in [0.2, 0.25) is 0 Å². The maximum atomic E-state index is 12.6. The van der Waals surface area contributed by atoms with Crippen LogP contribution in [-0.2, 0) is 11.8 Å². The van der Waals surface area contributed by atoms with E-state index in [0.29, 0.717) is 18.5 Å². The Morgan fingerprint density at radius 3 is 2.89 bits per heavy atom. The molecule has 0 radical (unpaired) electrons. The molecular weight excluding hydrogens is 342 g/mol. The van der Waals surface area contributed by atoms with Crippen molar-refractivity contribution >= 4 is 6.03 Å². The number of hydrogen-bond donors (Lipinski definition) is 1. The fourth-order valence-corrected chi connectivity index (χ4v) is 4.51. The Morgan fingerprint density at radius 1 is 1.37 bits per heavy atom. The van der Waals surface area contributed by atoms with Gasteiger partial charge in [-0.05, 0) is 51.1 Å². The molecule has 3 rings (SSSR count). The largest absolute Gasteiger partial charge is 0.376 e. The molecule has 0 bridgehead atoms. The summed E-state index contributed by atoms with van der Waals surface area (Å²) in [6.45, 7) is 6.53. The number of piperidine rings is 1. The number of rotatable bonds is 6. The van der Waals surface area contributed by atoms with E-state index in [9.17, 15) is 4.79 Å². The van der Waals surface area contributed by atoms with Crippen LogP contribution in [0.15, 0.2) is 12.4 Å². The number of aromatic nitrogens is 2. The van der Waals surface area contributed by atoms with Gasteiger partial charge in [0.25, 0.3) is 0 Å². The summed E-state index contributed by atoms with van der Waals surface area (Å²) >= 11 is 0. The lowest BCUT2D eigenvalue weighted by Crippen LogP contribution is -2.47. The third-order valence-corrected chi connectivity index (χ3v) is 5.94. The van der Waals surface area contributed by atoms with Crippen LogP contribution in [0.5, 0.6) is 0 Å². The highest BCUT2D eigenvalue weighted by molar-refractivity contribution is 5.73. The molecule has 1 aromatic heterocycles. The molecule has 1 N–H and O–H groups in total. The molecule has 7 nitrogen and oxygen atoms in total. The van der Waals surface area contributed by atoms with Gasteiger partial charge in [-0.2, -0.15) is 5.10 Å². The molecular formula is C20H35N5O2. The summed E-state index contributed by atoms with van der Waals surface area (Å²) in [5, 5.41) is 7.43. The Kier molecular flexibility index (Phi) is 7.13. The van der Waals surface area contributed by atoms with E-state index in [4.69, 9.17) is 4.74 Å². The molecule has 0 saturated carbocycles. The SMILES string of the molecule is CCN1CCC[C@@H](CN(C)C(=O)NC[C@@H]2CCCCO2)[C@@H]1c1cnn(C)c1. The zero-order valence-electron chi connectivity index (χ0n) is 17.1. The number of likely N-dealkylation sites (tertiary alicyclic amines) is 1. The maximum Gasteiger partial charge on any atom is 0.317 e. The van der Waals surface area contributed by atoms with Crippen LogP contribution in [0, 0.1) is 5.92 Å². The number of carbonyl (C=O) groups is 1. The molecule has 2 fully saturated rings. The molecule has 152 valence electrons. The van der Waals surface area contributed by atoms with E-state index in [1.54, 1.807) is 0 Å². The molecule has 27 heavy (non-hydrogen) atoms. The van der Waals surface area contributed by atoms with Gasteiger partial charge in [0.05, 0.1) is 12.3 Å². The van der Waals surface area contributed by atoms with E-state index in [2.05, 4.69) is 28.4 Å². The lowest BCUT2D eigenvalue weighted by atomic mass is 9.85. The second-order valence-electron chi connectivity index (χ2n) is 7.98. The molecule has 3 atom stereocenters. The molecule has 2 aliphatic heterocycles. The summed E-state index contributed by atoms with van der Waals surface area (Å²) < 4.78 is 7.59. The van der Waals surface area contributed by atoms with Crippen LogP contribution in [0.4, 0.5) is 4.79 Å². The molecule has 2 aliphatic rings. The number of hydrogen-bond acceptors (Lipinski definition) is 4. The highest BCUT2D eigenvalue weighted by Gasteiger charge is 2.34. The maximum absolute atomic E-state index is 12.6. The van der Waals surface area contributed by atoms with Gasteiger partial charge in [-0.25, -0.2) is 4.79 Å². The van der Waals surface area contributed by atoms with Gasteiger partial charge in [-0.15, -0.1) is 0 Å². The molecule has 3 heterocycles. The van der Waals surface area contributed by atoms with Gasteiger partial charge >= 0.3 is 6.03 Å². The van der Waals surface area contributed by atoms with E-state index in [1.165, 1.54) is 18.4 Å². The highest BCUT2D eigenvalue weighted by atomic mass is 16.5. The van der Waals surface area contributed by atoms with Crippen molar-refractivity contribution in [2.24, 2.45) is 13.0 Å². The lowest BCUT2D eigenvalue weighted by molar-refractivity contribution is 0.0175. The second kappa shape index (κ2) is 9.55. The lowest BCUT2D eigenvalue weighted by Gasteiger charge is -2.42. The van der Waals surface area contributed by atoms with E-state index in [-0.39, 0.29) is 12.1 Å². The monoisotopic (exact) mass is 377 g/mol. The van der Waals surface area contributed by atoms with Gasteiger partial charge in [0, 0.05) is 51.6 Å². The number of carbonyl (C=O) groups excluding carboxylic acids is 1. The predicted molar refractivity (Wildman–Crippen MR) is 106 cm³/mol. The first-order valence-electron chi connectivity index (χ1n) is 10.4. The van der Waals surface area contributed by atoms with E-state index in [1.807, 2.05) is 29.9 Å². The fourth-order valence-electron chi connectivity index (χ4n) is 4.51. The summed E-state index contributed by atoms with van der Waals surface area (Å²) in [6.07, 6.45) is 9.96. The van der Waals surface area contributed by atoms with Crippen LogP contribution in [0.3, 0.4) is 0 Å². The summed E-state index contributed by atoms with van der Waals surface area (Å²) in [4.78, 5) is 17.0. The summed E-state index contributed by atoms with van der Waals surface area (Å²) in [5.74, 6) is 0.421. The minimum atomic E-state index is 0.00253. The molecule has 2 saturated heterocycles. The van der Waals surface area contributed by atoms with Gasteiger partial charge < -0.3 is 15.0 Å². The van der Waals surface area contributed by atoms with Crippen LogP contribution >= 0.6 is 0 Å². The minimum absolute atomic E-state index is 0.00253. The third-order valence-electron chi connectivity index (χ3n) is 5.94. The van der Waals surface area contributed by atoms with Crippen LogP contribution in [0.1, 0.15) is 50.6 Å². The summed E-state index contributed by atoms with van der Waals surface area (Å²) in [5.41, 5.74) is 1.26. The summed E-state index contributed by atoms with van der Waals surface area (Å²) in [7, 11) is 3.87. The molecule has 0 unspecified atom stereocenters. The quantitative estimate of drug-likeness (QED) is 0.827. The number of ether oxygens (including phenoxy) is 1. The summed E-state index contributed by atoms with van der Waals surface area (Å²) in [6, 6.07) is 0.331. The first-order valence-corrected chi connectivity index (χ1v) is 10.4. The number of amides is 2. The highest BCUT2D eigenvalue weighted by Crippen LogP contribution is 2.36. The zero-order valence-corrected chi connectivity index (χ0v) is 17.1. The van der Waals surface area contributed by atoms with E-state index >= 15 is 0 Å². The Labute approximate surface area is 163 Å². The molecule has 7 heteroatoms. The van der Waals surface area contributed by atoms with Crippen LogP contribution in [0.25, 0.3) is 0 Å². The second-order valence-corrected chi connectivity index (χ2v) is 7.98. The number of urea groups is 1. The Bertz CT molecular complexity index is 599. The number of nitrogens with one attached hydrogen (secondary N) is 1. The van der Waals surface area contributed by atoms with E-state index in [0.717, 1.165) is 45.5 Å². The third kappa shape index (κ3) is 5.23. The van der Waals surface area contributed by atoms with Gasteiger partial charge in [-0.3, -0.25) is 9.58 Å². The van der Waals surface area contributed by atoms with Crippen LogP contribution < -0.4 is 5.32 Å². The Hall–Kier alpha value is -1.60. The van der Waals surface area contributed by atoms with E-state index < -0.39 is 0 Å². The predicted octanol–water partition coefficient (Wildman–Crippen LogP) is 2.40. The normalized spacial score (nSPS) is 26.7. The smallest absolute Gasteiger partial charge is 0.317 e. The standard InChI is InChI=1S/C20H35N5O2/c1-4-25-10-7-8-16(19(25)17-12-22-24(3)15-17)14-23(2)20(26)21-13-18-9-5-6-11-27-18/h12,15-16,18-19H,4-11,13-14H2,1-3H3,(H,21,26)/t16-,18-,19+/m0/s1. The molecule has 2 amide bonds. The Morgan fingerprint density at radius 2 is 2.22 bits per heavy atom. The average molecular weight is 378 g/mol. The fraction of sp³-hybridized carbons (Fsp3) is 0.800. The van der Waals surface area contributed by atoms with Gasteiger partial charge in [0.15, 0.2) is 0 Å². The van der Waals surface area contributed by atoms with Gasteiger partial charge in [0.2, 0.25) is 0 Å². The number of nitrogens with zero attached hydrogens (tertiary/aromatic N) is 4. The molecule has 0 aliphatic carbocycles. The average Bonchev–Trinajstić information content (AvgIpc) is 3.12. The molecule has 0 spiro atoms. The molecule has 0 aromatic carbocycles. The van der Waals surface area contributed by atoms with Crippen molar-refractivity contribution in [1.29, 1.82) is 0 Å². The first kappa shape index (κ1) is 20.1. The Balaban J connectivity index is 1.58. The van der Waals surface area contributed by atoms with Crippen molar-refractivity contribution in [2.45, 2.75) is 51.2 Å². The number of aryl methyl sites for hydroxylation is 1. The van der Waals surface area contributed by atoms with Crippen molar-refractivity contribution < 1.29 is 9.53 Å². The van der Waals surface area contributed by atoms with Crippen LogP contribution in [-0.4, -0.2) is 71.5 Å². The van der Waals surface area contributed by atoms with Gasteiger partial charge in [0.1, 0.15) is 0 Å². The zero-order chi connectivity index (χ0) is 19.2. The van der Waals surface area contributed by atoms with Crippen molar-refractivity contribution in [3.63, 3.8) is 0 Å². The minimum Gasteiger partial charge on any atom is -0.376 e. The van der Waals surface area contributed by atoms with Crippen molar-refractivity contribution in [1.82, 2.24) is 24.9 Å². The van der Waals surface area contributed by atoms with Crippen molar-refractivity contribution in [2.75, 3.05) is 39.8 Å². The molecule has 1 aromatic rings. The van der Waals surface area contributed by atoms with Gasteiger partial charge in [-0.1, -0.05) is 6.92 Å².